The van der Waals surface area contributed by atoms with Crippen LogP contribution in [0.5, 0.6) is 0 Å². The van der Waals surface area contributed by atoms with Gasteiger partial charge in [0.1, 0.15) is 0 Å². The molecule has 6 heteroatoms. The van der Waals surface area contributed by atoms with Crippen molar-refractivity contribution in [3.8, 4) is 0 Å². The van der Waals surface area contributed by atoms with Crippen molar-refractivity contribution in [2.24, 2.45) is 14.1 Å². The van der Waals surface area contributed by atoms with Gasteiger partial charge in [0.15, 0.2) is 0 Å². The normalized spacial score (nSPS) is 10.8. The highest BCUT2D eigenvalue weighted by atomic mass is 35.5. The lowest BCUT2D eigenvalue weighted by Gasteiger charge is -2.10. The van der Waals surface area contributed by atoms with Crippen LogP contribution in [-0.4, -0.2) is 9.13 Å². The van der Waals surface area contributed by atoms with Crippen molar-refractivity contribution < 1.29 is 0 Å². The third-order valence-corrected chi connectivity index (χ3v) is 3.43. The smallest absolute Gasteiger partial charge is 0.307 e. The van der Waals surface area contributed by atoms with Crippen LogP contribution in [0.25, 0.3) is 0 Å². The Morgan fingerprint density at radius 3 is 2.35 bits per heavy atom. The Bertz CT molecular complexity index is 717. The second kappa shape index (κ2) is 6.07. The highest BCUT2D eigenvalue weighted by Gasteiger charge is 2.05. The molecule has 0 unspecified atom stereocenters. The lowest BCUT2D eigenvalue weighted by molar-refractivity contribution is 0.601. The van der Waals surface area contributed by atoms with Gasteiger partial charge in [0.05, 0.1) is 0 Å². The fourth-order valence-corrected chi connectivity index (χ4v) is 2.01. The summed E-state index contributed by atoms with van der Waals surface area (Å²) in [5.41, 5.74) is 1.13. The quantitative estimate of drug-likeness (QED) is 0.916. The molecule has 2 aromatic rings. The molecule has 0 saturated carbocycles. The first-order chi connectivity index (χ1) is 9.49. The van der Waals surface area contributed by atoms with Crippen molar-refractivity contribution in [1.82, 2.24) is 14.5 Å². The standard InChI is InChI=1S/C14H16ClN3O2/c1-17-12(7-13(19)18(2)14(17)20)9-16-8-10-3-5-11(15)6-4-10/h3-7,16H,8-9H2,1-2H3. The maximum absolute atomic E-state index is 11.8. The maximum Gasteiger partial charge on any atom is 0.330 e. The molecule has 0 atom stereocenters. The number of nitrogens with zero attached hydrogens (tertiary/aromatic N) is 2. The summed E-state index contributed by atoms with van der Waals surface area (Å²) < 4.78 is 2.55. The molecular formula is C14H16ClN3O2. The number of aromatic nitrogens is 2. The molecule has 0 saturated heterocycles. The lowest BCUT2D eigenvalue weighted by atomic mass is 10.2. The topological polar surface area (TPSA) is 56.0 Å². The predicted molar refractivity (Wildman–Crippen MR) is 78.9 cm³/mol. The minimum Gasteiger partial charge on any atom is -0.307 e. The number of benzene rings is 1. The molecule has 106 valence electrons. The van der Waals surface area contributed by atoms with Gasteiger partial charge in [-0.2, -0.15) is 0 Å². The first kappa shape index (κ1) is 14.6. The molecule has 1 heterocycles. The fourth-order valence-electron chi connectivity index (χ4n) is 1.89. The third-order valence-electron chi connectivity index (χ3n) is 3.17. The van der Waals surface area contributed by atoms with Gasteiger partial charge < -0.3 is 5.32 Å². The van der Waals surface area contributed by atoms with E-state index >= 15 is 0 Å². The summed E-state index contributed by atoms with van der Waals surface area (Å²) in [6.07, 6.45) is 0. The Kier molecular flexibility index (Phi) is 4.42. The van der Waals surface area contributed by atoms with Crippen LogP contribution in [0.1, 0.15) is 11.3 Å². The zero-order valence-electron chi connectivity index (χ0n) is 11.4. The summed E-state index contributed by atoms with van der Waals surface area (Å²) in [5.74, 6) is 0. The summed E-state index contributed by atoms with van der Waals surface area (Å²) in [7, 11) is 3.12. The van der Waals surface area contributed by atoms with Crippen molar-refractivity contribution in [2.45, 2.75) is 13.1 Å². The molecule has 1 aromatic heterocycles. The van der Waals surface area contributed by atoms with Crippen molar-refractivity contribution in [3.63, 3.8) is 0 Å². The van der Waals surface area contributed by atoms with Crippen LogP contribution in [0.3, 0.4) is 0 Å². The Balaban J connectivity index is 2.07. The number of halogens is 1. The SMILES string of the molecule is Cn1c(CNCc2ccc(Cl)cc2)cc(=O)n(C)c1=O. The highest BCUT2D eigenvalue weighted by Crippen LogP contribution is 2.09. The molecular weight excluding hydrogens is 278 g/mol. The molecule has 0 aliphatic heterocycles. The second-order valence-electron chi connectivity index (χ2n) is 4.60. The van der Waals surface area contributed by atoms with Gasteiger partial charge in [0, 0.05) is 44.0 Å². The molecule has 0 bridgehead atoms. The van der Waals surface area contributed by atoms with Crippen LogP contribution in [-0.2, 0) is 27.2 Å². The molecule has 0 amide bonds. The predicted octanol–water partition coefficient (Wildman–Crippen LogP) is 1.03. The largest absolute Gasteiger partial charge is 0.330 e. The number of nitrogens with one attached hydrogen (secondary N) is 1. The van der Waals surface area contributed by atoms with E-state index in [2.05, 4.69) is 5.32 Å². The molecule has 0 aliphatic carbocycles. The van der Waals surface area contributed by atoms with Gasteiger partial charge in [-0.1, -0.05) is 23.7 Å². The number of hydrogen-bond acceptors (Lipinski definition) is 3. The van der Waals surface area contributed by atoms with Crippen LogP contribution in [0, 0.1) is 0 Å². The first-order valence-corrected chi connectivity index (χ1v) is 6.58. The lowest BCUT2D eigenvalue weighted by Crippen LogP contribution is -2.38. The Morgan fingerprint density at radius 2 is 1.70 bits per heavy atom. The number of hydrogen-bond donors (Lipinski definition) is 1. The van der Waals surface area contributed by atoms with E-state index in [9.17, 15) is 9.59 Å². The van der Waals surface area contributed by atoms with Crippen LogP contribution in [0.15, 0.2) is 39.9 Å². The van der Waals surface area contributed by atoms with E-state index in [1.807, 2.05) is 24.3 Å². The molecule has 0 fully saturated rings. The Morgan fingerprint density at radius 1 is 1.05 bits per heavy atom. The Labute approximate surface area is 121 Å². The molecule has 0 spiro atoms. The van der Waals surface area contributed by atoms with Gasteiger partial charge in [-0.05, 0) is 17.7 Å². The summed E-state index contributed by atoms with van der Waals surface area (Å²) in [6.45, 7) is 1.09. The van der Waals surface area contributed by atoms with E-state index in [1.54, 1.807) is 7.05 Å². The van der Waals surface area contributed by atoms with E-state index in [4.69, 9.17) is 11.6 Å². The third kappa shape index (κ3) is 3.18. The number of rotatable bonds is 4. The monoisotopic (exact) mass is 293 g/mol. The molecule has 2 rings (SSSR count). The molecule has 0 aliphatic rings. The van der Waals surface area contributed by atoms with E-state index in [1.165, 1.54) is 17.7 Å². The summed E-state index contributed by atoms with van der Waals surface area (Å²) in [6, 6.07) is 8.98. The first-order valence-electron chi connectivity index (χ1n) is 6.20. The Hall–Kier alpha value is -1.85. The van der Waals surface area contributed by atoms with Crippen molar-refractivity contribution in [3.05, 3.63) is 67.4 Å². The van der Waals surface area contributed by atoms with E-state index in [-0.39, 0.29) is 11.2 Å². The minimum absolute atomic E-state index is 0.295. The average molecular weight is 294 g/mol. The highest BCUT2D eigenvalue weighted by molar-refractivity contribution is 6.30. The molecule has 1 N–H and O–H groups in total. The van der Waals surface area contributed by atoms with Crippen molar-refractivity contribution >= 4 is 11.6 Å². The summed E-state index contributed by atoms with van der Waals surface area (Å²) in [5, 5.41) is 3.90. The van der Waals surface area contributed by atoms with Crippen LogP contribution >= 0.6 is 11.6 Å². The van der Waals surface area contributed by atoms with Crippen molar-refractivity contribution in [1.29, 1.82) is 0 Å². The van der Waals surface area contributed by atoms with Gasteiger partial charge in [0.2, 0.25) is 0 Å². The maximum atomic E-state index is 11.8. The second-order valence-corrected chi connectivity index (χ2v) is 5.04. The van der Waals surface area contributed by atoms with E-state index < -0.39 is 0 Å². The van der Waals surface area contributed by atoms with Gasteiger partial charge in [-0.3, -0.25) is 13.9 Å². The fraction of sp³-hybridized carbons (Fsp3) is 0.286. The summed E-state index contributed by atoms with van der Waals surface area (Å²) in [4.78, 5) is 23.4. The van der Waals surface area contributed by atoms with Crippen LogP contribution in [0.2, 0.25) is 5.02 Å². The van der Waals surface area contributed by atoms with Gasteiger partial charge in [-0.25, -0.2) is 4.79 Å². The van der Waals surface area contributed by atoms with Crippen molar-refractivity contribution in [2.75, 3.05) is 0 Å². The average Bonchev–Trinajstić information content (AvgIpc) is 2.44. The van der Waals surface area contributed by atoms with Gasteiger partial charge in [0.25, 0.3) is 5.56 Å². The van der Waals surface area contributed by atoms with Gasteiger partial charge >= 0.3 is 5.69 Å². The molecule has 20 heavy (non-hydrogen) atoms. The molecule has 1 aromatic carbocycles. The van der Waals surface area contributed by atoms with Gasteiger partial charge in [-0.15, -0.1) is 0 Å². The van der Waals surface area contributed by atoms with Crippen LogP contribution < -0.4 is 16.6 Å². The molecule has 0 radical (unpaired) electrons. The minimum atomic E-state index is -0.319. The molecule has 5 nitrogen and oxygen atoms in total. The van der Waals surface area contributed by atoms with E-state index in [0.29, 0.717) is 23.8 Å². The van der Waals surface area contributed by atoms with E-state index in [0.717, 1.165) is 10.1 Å². The van der Waals surface area contributed by atoms with Crippen LogP contribution in [0.4, 0.5) is 0 Å². The zero-order chi connectivity index (χ0) is 14.7. The zero-order valence-corrected chi connectivity index (χ0v) is 12.1. The summed E-state index contributed by atoms with van der Waals surface area (Å²) >= 11 is 5.82.